The maximum absolute atomic E-state index is 5.28. The molecule has 0 N–H and O–H groups in total. The van der Waals surface area contributed by atoms with E-state index < -0.39 is 0 Å². The van der Waals surface area contributed by atoms with Crippen molar-refractivity contribution in [1.29, 1.82) is 0 Å². The third kappa shape index (κ3) is 5.35. The molecule has 0 saturated heterocycles. The molecular weight excluding hydrogens is 737 g/mol. The second-order valence-electron chi connectivity index (χ2n) is 17.1. The highest BCUT2D eigenvalue weighted by molar-refractivity contribution is 6.08. The molecule has 2 nitrogen and oxygen atoms in total. The summed E-state index contributed by atoms with van der Waals surface area (Å²) in [6.07, 6.45) is 3.08. The van der Waals surface area contributed by atoms with Crippen molar-refractivity contribution in [3.8, 4) is 67.0 Å². The highest BCUT2D eigenvalue weighted by atomic mass is 14.8. The van der Waals surface area contributed by atoms with E-state index in [1.54, 1.807) is 0 Å². The van der Waals surface area contributed by atoms with Crippen molar-refractivity contribution in [2.24, 2.45) is 0 Å². The van der Waals surface area contributed by atoms with Crippen LogP contribution in [0.15, 0.2) is 194 Å². The fraction of sp³-hybridized carbons (Fsp3) is 0.0847. The maximum atomic E-state index is 5.28. The number of fused-ring (bicyclic) bond motifs is 14. The van der Waals surface area contributed by atoms with Crippen molar-refractivity contribution in [2.75, 3.05) is 0 Å². The summed E-state index contributed by atoms with van der Waals surface area (Å²) < 4.78 is 0. The lowest BCUT2D eigenvalue weighted by molar-refractivity contribution is 0.725. The third-order valence-electron chi connectivity index (χ3n) is 13.9. The molecule has 0 saturated carbocycles. The monoisotopic (exact) mass is 776 g/mol. The van der Waals surface area contributed by atoms with Crippen molar-refractivity contribution < 1.29 is 0 Å². The maximum Gasteiger partial charge on any atom is 0.0973 e. The number of nitrogens with zero attached hydrogens (tertiary/aromatic N) is 2. The second kappa shape index (κ2) is 13.6. The van der Waals surface area contributed by atoms with Gasteiger partial charge in [-0.05, 0) is 120 Å². The molecular formula is C59H40N2. The van der Waals surface area contributed by atoms with Crippen molar-refractivity contribution in [1.82, 2.24) is 9.97 Å². The van der Waals surface area contributed by atoms with E-state index in [1.807, 2.05) is 12.1 Å². The van der Waals surface area contributed by atoms with Crippen LogP contribution in [0, 0.1) is 0 Å². The second-order valence-corrected chi connectivity index (χ2v) is 17.1. The number of aryl methyl sites for hydroxylation is 1. The largest absolute Gasteiger partial charge is 0.244 e. The van der Waals surface area contributed by atoms with Gasteiger partial charge in [0.25, 0.3) is 0 Å². The molecule has 0 spiro atoms. The summed E-state index contributed by atoms with van der Waals surface area (Å²) >= 11 is 0. The first kappa shape index (κ1) is 34.4. The predicted octanol–water partition coefficient (Wildman–Crippen LogP) is 14.9. The van der Waals surface area contributed by atoms with E-state index >= 15 is 0 Å². The Morgan fingerprint density at radius 3 is 1.74 bits per heavy atom. The Hall–Kier alpha value is -7.42. The Balaban J connectivity index is 0.942. The molecule has 0 radical (unpaired) electrons. The Morgan fingerprint density at radius 1 is 0.393 bits per heavy atom. The van der Waals surface area contributed by atoms with Gasteiger partial charge >= 0.3 is 0 Å². The van der Waals surface area contributed by atoms with E-state index in [2.05, 4.69) is 182 Å². The molecule has 2 bridgehead atoms. The molecule has 1 unspecified atom stereocenters. The van der Waals surface area contributed by atoms with E-state index in [0.29, 0.717) is 5.92 Å². The molecule has 0 fully saturated rings. The molecule has 0 aliphatic heterocycles. The number of para-hydroxylation sites is 2. The quantitative estimate of drug-likeness (QED) is 0.178. The van der Waals surface area contributed by atoms with Gasteiger partial charge in [-0.2, -0.15) is 0 Å². The summed E-state index contributed by atoms with van der Waals surface area (Å²) in [5.41, 5.74) is 25.3. The highest BCUT2D eigenvalue weighted by Gasteiger charge is 2.38. The van der Waals surface area contributed by atoms with Gasteiger partial charge in [0.1, 0.15) is 0 Å². The van der Waals surface area contributed by atoms with Gasteiger partial charge in [-0.15, -0.1) is 0 Å². The molecule has 2 heteroatoms. The molecule has 1 aromatic heterocycles. The molecule has 9 aromatic carbocycles. The van der Waals surface area contributed by atoms with Crippen molar-refractivity contribution in [2.45, 2.75) is 31.1 Å². The zero-order valence-electron chi connectivity index (χ0n) is 33.6. The molecule has 10 aromatic rings. The Labute approximate surface area is 355 Å². The van der Waals surface area contributed by atoms with Crippen LogP contribution in [0.1, 0.15) is 51.6 Å². The van der Waals surface area contributed by atoms with Crippen LogP contribution in [-0.4, -0.2) is 9.97 Å². The van der Waals surface area contributed by atoms with Crippen LogP contribution in [0.5, 0.6) is 0 Å². The zero-order chi connectivity index (χ0) is 40.0. The smallest absolute Gasteiger partial charge is 0.0973 e. The molecule has 286 valence electrons. The predicted molar refractivity (Wildman–Crippen MR) is 252 cm³/mol. The standard InChI is InChI=1S/C59H40N2/c1-2-12-36(13-3-1)37-22-26-40(27-23-37)58-59(61-54-21-11-10-20-53(54)60-58)41-28-24-39(25-29-41)43-32-31-42-34-50-46-17-6-7-18-47(46)51-35-52(50)57(55(42)48-19-9-8-16-45(43)48)56-44-15-5-4-14-38(44)30-33-49(51)56/h1-30,33-34,43,51H,31-32,35H2/t43-,51?/m0/s1. The van der Waals surface area contributed by atoms with E-state index in [9.17, 15) is 0 Å². The van der Waals surface area contributed by atoms with Gasteiger partial charge in [0.05, 0.1) is 22.4 Å². The number of hydrogen-bond acceptors (Lipinski definition) is 2. The number of aromatic nitrogens is 2. The molecule has 0 amide bonds. The van der Waals surface area contributed by atoms with Gasteiger partial charge in [-0.1, -0.05) is 182 Å². The summed E-state index contributed by atoms with van der Waals surface area (Å²) in [5.74, 6) is 0.604. The van der Waals surface area contributed by atoms with Crippen LogP contribution in [0.3, 0.4) is 0 Å². The van der Waals surface area contributed by atoms with Crippen molar-refractivity contribution in [3.05, 3.63) is 228 Å². The van der Waals surface area contributed by atoms with Crippen LogP contribution in [0.2, 0.25) is 0 Å². The topological polar surface area (TPSA) is 25.8 Å². The molecule has 61 heavy (non-hydrogen) atoms. The van der Waals surface area contributed by atoms with Crippen molar-refractivity contribution >= 4 is 21.8 Å². The number of hydrogen-bond donors (Lipinski definition) is 0. The fourth-order valence-electron chi connectivity index (χ4n) is 11.1. The lowest BCUT2D eigenvalue weighted by Gasteiger charge is -2.38. The van der Waals surface area contributed by atoms with Gasteiger partial charge < -0.3 is 0 Å². The van der Waals surface area contributed by atoms with Gasteiger partial charge in [-0.25, -0.2) is 9.97 Å². The molecule has 3 aliphatic rings. The van der Waals surface area contributed by atoms with Crippen LogP contribution in [0.25, 0.3) is 88.8 Å². The first-order chi connectivity index (χ1) is 30.2. The van der Waals surface area contributed by atoms with Crippen LogP contribution in [-0.2, 0) is 12.8 Å². The highest BCUT2D eigenvalue weighted by Crippen LogP contribution is 2.58. The summed E-state index contributed by atoms with van der Waals surface area (Å²) in [7, 11) is 0. The van der Waals surface area contributed by atoms with E-state index in [4.69, 9.17) is 9.97 Å². The average Bonchev–Trinajstić information content (AvgIpc) is 3.50. The summed E-state index contributed by atoms with van der Waals surface area (Å²) in [6, 6.07) is 71.6. The van der Waals surface area contributed by atoms with Gasteiger partial charge in [0.15, 0.2) is 0 Å². The van der Waals surface area contributed by atoms with Crippen molar-refractivity contribution in [3.63, 3.8) is 0 Å². The van der Waals surface area contributed by atoms with E-state index in [1.165, 1.54) is 88.7 Å². The first-order valence-electron chi connectivity index (χ1n) is 21.7. The van der Waals surface area contributed by atoms with E-state index in [-0.39, 0.29) is 5.92 Å². The normalized spacial score (nSPS) is 15.7. The first-order valence-corrected chi connectivity index (χ1v) is 21.7. The lowest BCUT2D eigenvalue weighted by atomic mass is 9.65. The molecule has 2 atom stereocenters. The molecule has 1 heterocycles. The SMILES string of the molecule is c1ccc(-c2ccc(-c3nc4ccccc4nc3-c3ccc([C@@H]4CCc5cc6c7c(c5-c5ccccc54)-c4c(ccc5ccccc45)C(C7)c4ccccc4-6)cc3)cc2)cc1. The third-order valence-corrected chi connectivity index (χ3v) is 13.9. The van der Waals surface area contributed by atoms with Crippen LogP contribution >= 0.6 is 0 Å². The average molecular weight is 777 g/mol. The Bertz CT molecular complexity index is 3380. The Kier molecular flexibility index (Phi) is 7.65. The summed E-state index contributed by atoms with van der Waals surface area (Å²) in [5, 5.41) is 2.67. The van der Waals surface area contributed by atoms with Gasteiger partial charge in [0.2, 0.25) is 0 Å². The minimum atomic E-state index is 0.241. The van der Waals surface area contributed by atoms with Crippen LogP contribution in [0.4, 0.5) is 0 Å². The zero-order valence-corrected chi connectivity index (χ0v) is 33.6. The van der Waals surface area contributed by atoms with Crippen LogP contribution < -0.4 is 0 Å². The van der Waals surface area contributed by atoms with Gasteiger partial charge in [0, 0.05) is 23.0 Å². The minimum Gasteiger partial charge on any atom is -0.244 e. The Morgan fingerprint density at radius 2 is 0.984 bits per heavy atom. The number of benzene rings is 9. The fourth-order valence-corrected chi connectivity index (χ4v) is 11.1. The lowest BCUT2D eigenvalue weighted by Crippen LogP contribution is -2.20. The summed E-state index contributed by atoms with van der Waals surface area (Å²) in [6.45, 7) is 0. The van der Waals surface area contributed by atoms with E-state index in [0.717, 1.165) is 52.8 Å². The molecule has 3 aliphatic carbocycles. The van der Waals surface area contributed by atoms with Gasteiger partial charge in [-0.3, -0.25) is 0 Å². The molecule has 13 rings (SSSR count). The minimum absolute atomic E-state index is 0.241. The summed E-state index contributed by atoms with van der Waals surface area (Å²) in [4.78, 5) is 10.5. The number of rotatable bonds is 4.